The molecule has 0 aliphatic carbocycles. The molecule has 10 heteroatoms. The Morgan fingerprint density at radius 2 is 2.17 bits per heavy atom. The van der Waals surface area contributed by atoms with Gasteiger partial charge in [0.2, 0.25) is 5.91 Å². The Balaban J connectivity index is 1.42. The highest BCUT2D eigenvalue weighted by atomic mass is 35.5. The van der Waals surface area contributed by atoms with Gasteiger partial charge in [-0.1, -0.05) is 11.6 Å². The summed E-state index contributed by atoms with van der Waals surface area (Å²) in [5, 5.41) is 13.4. The number of pyridine rings is 1. The van der Waals surface area contributed by atoms with Crippen molar-refractivity contribution in [2.75, 3.05) is 26.7 Å². The number of hydrogen-bond acceptors (Lipinski definition) is 7. The van der Waals surface area contributed by atoms with Gasteiger partial charge in [0, 0.05) is 35.1 Å². The van der Waals surface area contributed by atoms with Gasteiger partial charge in [0.05, 0.1) is 28.1 Å². The first-order chi connectivity index (χ1) is 17.0. The molecule has 3 aromatic rings. The maximum absolute atomic E-state index is 15.7. The first-order valence-electron chi connectivity index (χ1n) is 11.8. The van der Waals surface area contributed by atoms with Gasteiger partial charge in [-0.3, -0.25) is 15.0 Å². The first-order valence-corrected chi connectivity index (χ1v) is 13.0. The van der Waals surface area contributed by atoms with Gasteiger partial charge < -0.3 is 9.64 Å². The van der Waals surface area contributed by atoms with Crippen LogP contribution >= 0.6 is 22.9 Å². The molecule has 1 aliphatic heterocycles. The van der Waals surface area contributed by atoms with E-state index in [1.807, 2.05) is 17.1 Å². The molecule has 1 amide bonds. The molecule has 1 fully saturated rings. The fraction of sp³-hybridized carbons (Fsp3) is 0.480. The zero-order valence-electron chi connectivity index (χ0n) is 19.7. The van der Waals surface area contributed by atoms with Gasteiger partial charge >= 0.3 is 0 Å². The smallest absolute Gasteiger partial charge is 0.249 e. The number of halogens is 2. The van der Waals surface area contributed by atoms with Crippen molar-refractivity contribution < 1.29 is 19.1 Å². The number of hydroxylamine groups is 1. The highest BCUT2D eigenvalue weighted by Crippen LogP contribution is 2.42. The molecule has 2 aromatic heterocycles. The Morgan fingerprint density at radius 3 is 2.86 bits per heavy atom. The number of rotatable bonds is 10. The Bertz CT molecular complexity index is 1140. The summed E-state index contributed by atoms with van der Waals surface area (Å²) in [6.07, 6.45) is 5.34. The van der Waals surface area contributed by atoms with Crippen LogP contribution in [-0.2, 0) is 11.2 Å². The number of aryl methyl sites for hydroxylation is 1. The summed E-state index contributed by atoms with van der Waals surface area (Å²) in [6, 6.07) is 5.27. The summed E-state index contributed by atoms with van der Waals surface area (Å²) >= 11 is 8.03. The highest BCUT2D eigenvalue weighted by molar-refractivity contribution is 7.09. The molecule has 1 aliphatic rings. The Hall–Kier alpha value is -2.33. The topological polar surface area (TPSA) is 87.6 Å². The maximum Gasteiger partial charge on any atom is 0.249 e. The number of benzene rings is 1. The molecule has 1 saturated heterocycles. The second-order valence-electron chi connectivity index (χ2n) is 9.00. The molecule has 1 aromatic carbocycles. The van der Waals surface area contributed by atoms with E-state index in [0.29, 0.717) is 41.5 Å². The summed E-state index contributed by atoms with van der Waals surface area (Å²) in [7, 11) is 1.55. The number of carbonyl (C=O) groups is 1. The Kier molecular flexibility index (Phi) is 8.54. The van der Waals surface area contributed by atoms with Crippen molar-refractivity contribution in [3.05, 3.63) is 51.6 Å². The summed E-state index contributed by atoms with van der Waals surface area (Å²) in [5.41, 5.74) is 1.99. The normalized spacial score (nSPS) is 16.8. The third kappa shape index (κ3) is 5.91. The minimum atomic E-state index is -1.39. The van der Waals surface area contributed by atoms with Crippen LogP contribution in [0.1, 0.15) is 48.8 Å². The summed E-state index contributed by atoms with van der Waals surface area (Å²) in [4.78, 5) is 23.7. The molecule has 35 heavy (non-hydrogen) atoms. The molecule has 4 rings (SSSR count). The molecule has 0 radical (unpaired) electrons. The van der Waals surface area contributed by atoms with E-state index in [2.05, 4.69) is 14.9 Å². The van der Waals surface area contributed by atoms with Crippen molar-refractivity contribution >= 4 is 39.7 Å². The zero-order valence-corrected chi connectivity index (χ0v) is 21.2. The van der Waals surface area contributed by atoms with E-state index in [1.54, 1.807) is 36.6 Å². The van der Waals surface area contributed by atoms with Gasteiger partial charge in [-0.2, -0.15) is 0 Å². The minimum Gasteiger partial charge on any atom is -0.497 e. The molecule has 7 nitrogen and oxygen atoms in total. The average Bonchev–Trinajstić information content (AvgIpc) is 3.40. The van der Waals surface area contributed by atoms with Crippen molar-refractivity contribution in [3.8, 4) is 5.75 Å². The number of carbonyl (C=O) groups excluding carboxylic acids is 1. The van der Waals surface area contributed by atoms with E-state index in [1.165, 1.54) is 6.20 Å². The minimum absolute atomic E-state index is 0.105. The van der Waals surface area contributed by atoms with E-state index in [9.17, 15) is 10.0 Å². The lowest BCUT2D eigenvalue weighted by atomic mass is 9.73. The number of piperidine rings is 1. The van der Waals surface area contributed by atoms with E-state index in [0.717, 1.165) is 37.5 Å². The maximum atomic E-state index is 15.7. The predicted molar refractivity (Wildman–Crippen MR) is 135 cm³/mol. The predicted octanol–water partition coefficient (Wildman–Crippen LogP) is 5.36. The van der Waals surface area contributed by atoms with Gasteiger partial charge in [-0.05, 0) is 69.9 Å². The number of aromatic nitrogens is 2. The summed E-state index contributed by atoms with van der Waals surface area (Å²) in [6.45, 7) is 2.36. The van der Waals surface area contributed by atoms with Crippen LogP contribution in [0.3, 0.4) is 0 Å². The number of amides is 1. The van der Waals surface area contributed by atoms with E-state index in [4.69, 9.17) is 16.3 Å². The van der Waals surface area contributed by atoms with Crippen molar-refractivity contribution in [1.29, 1.82) is 0 Å². The van der Waals surface area contributed by atoms with E-state index >= 15 is 4.39 Å². The number of alkyl halides is 1. The van der Waals surface area contributed by atoms with E-state index < -0.39 is 17.5 Å². The molecule has 0 spiro atoms. The number of thiazole rings is 1. The lowest BCUT2D eigenvalue weighted by Gasteiger charge is -2.40. The molecule has 0 bridgehead atoms. The monoisotopic (exact) mass is 520 g/mol. The molecule has 3 heterocycles. The number of fused-ring (bicyclic) bond motifs is 1. The van der Waals surface area contributed by atoms with Crippen LogP contribution in [0, 0.1) is 5.41 Å². The number of hydrogen-bond donors (Lipinski definition) is 2. The van der Waals surface area contributed by atoms with Crippen LogP contribution in [-0.4, -0.2) is 52.7 Å². The zero-order chi connectivity index (χ0) is 24.8. The molecular weight excluding hydrogens is 491 g/mol. The quantitative estimate of drug-likeness (QED) is 0.276. The molecular formula is C25H30ClFN4O3S. The number of nitrogens with zero attached hydrogens (tertiary/aromatic N) is 3. The van der Waals surface area contributed by atoms with Crippen LogP contribution in [0.5, 0.6) is 5.75 Å². The fourth-order valence-electron chi connectivity index (χ4n) is 4.90. The Labute approximate surface area is 213 Å². The number of methoxy groups -OCH3 is 1. The lowest BCUT2D eigenvalue weighted by molar-refractivity contribution is -0.143. The van der Waals surface area contributed by atoms with Crippen molar-refractivity contribution in [2.24, 2.45) is 5.41 Å². The largest absolute Gasteiger partial charge is 0.497 e. The molecule has 1 atom stereocenters. The average molecular weight is 521 g/mol. The van der Waals surface area contributed by atoms with Crippen LogP contribution in [0.15, 0.2) is 36.0 Å². The second-order valence-corrected chi connectivity index (χ2v) is 10.4. The standard InChI is InChI=1S/C25H30ClFN4O3S/c1-34-17-4-5-21-18(15-17)23(19(26)16-29-21)20(27)6-7-25(24(32)30-33)8-12-31(13-9-25)11-2-3-22-28-10-14-35-22/h4-5,10,14-16,20,33H,2-3,6-9,11-13H2,1H3,(H,30,32). The third-order valence-electron chi connectivity index (χ3n) is 7.00. The van der Waals surface area contributed by atoms with Gasteiger partial charge in [-0.15, -0.1) is 11.3 Å². The van der Waals surface area contributed by atoms with Crippen LogP contribution in [0.4, 0.5) is 4.39 Å². The molecule has 188 valence electrons. The van der Waals surface area contributed by atoms with Crippen LogP contribution in [0.25, 0.3) is 10.9 Å². The molecule has 2 N–H and O–H groups in total. The summed E-state index contributed by atoms with van der Waals surface area (Å²) in [5.74, 6) is 0.146. The lowest BCUT2D eigenvalue weighted by Crippen LogP contribution is -2.48. The van der Waals surface area contributed by atoms with E-state index in [-0.39, 0.29) is 11.4 Å². The van der Waals surface area contributed by atoms with Crippen molar-refractivity contribution in [1.82, 2.24) is 20.3 Å². The third-order valence-corrected chi connectivity index (χ3v) is 8.14. The fourth-order valence-corrected chi connectivity index (χ4v) is 5.84. The SMILES string of the molecule is COc1ccc2ncc(Cl)c(C(F)CCC3(C(=O)NO)CCN(CCCc4nccs4)CC3)c2c1. The molecule has 0 saturated carbocycles. The van der Waals surface area contributed by atoms with Gasteiger partial charge in [0.15, 0.2) is 0 Å². The van der Waals surface area contributed by atoms with Crippen molar-refractivity contribution in [2.45, 2.75) is 44.7 Å². The van der Waals surface area contributed by atoms with Crippen LogP contribution in [0.2, 0.25) is 5.02 Å². The number of likely N-dealkylation sites (tertiary alicyclic amines) is 1. The Morgan fingerprint density at radius 1 is 1.37 bits per heavy atom. The summed E-state index contributed by atoms with van der Waals surface area (Å²) < 4.78 is 21.0. The highest BCUT2D eigenvalue weighted by Gasteiger charge is 2.41. The van der Waals surface area contributed by atoms with Gasteiger partial charge in [0.25, 0.3) is 0 Å². The number of nitrogens with one attached hydrogen (secondary N) is 1. The van der Waals surface area contributed by atoms with Crippen LogP contribution < -0.4 is 10.2 Å². The van der Waals surface area contributed by atoms with Gasteiger partial charge in [-0.25, -0.2) is 14.9 Å². The first kappa shape index (κ1) is 25.8. The second kappa shape index (κ2) is 11.6. The van der Waals surface area contributed by atoms with Gasteiger partial charge in [0.1, 0.15) is 11.9 Å². The van der Waals surface area contributed by atoms with Crippen molar-refractivity contribution in [3.63, 3.8) is 0 Å². The molecule has 1 unspecified atom stereocenters. The number of ether oxygens (including phenoxy) is 1.